The summed E-state index contributed by atoms with van der Waals surface area (Å²) in [6, 6.07) is 7.29. The number of ketones is 1. The Morgan fingerprint density at radius 2 is 1.64 bits per heavy atom. The summed E-state index contributed by atoms with van der Waals surface area (Å²) in [5.74, 6) is -0.385. The highest BCUT2D eigenvalue weighted by atomic mass is 35.5. The quantitative estimate of drug-likeness (QED) is 0.566. The molecule has 22 heavy (non-hydrogen) atoms. The van der Waals surface area contributed by atoms with Gasteiger partial charge in [0.25, 0.3) is 0 Å². The molecule has 1 aliphatic carbocycles. The number of benzene rings is 1. The first-order chi connectivity index (χ1) is 10.4. The molecule has 1 heterocycles. The number of ether oxygens (including phenoxy) is 1. The first-order valence-electron chi connectivity index (χ1n) is 7.89. The molecule has 1 saturated heterocycles. The van der Waals surface area contributed by atoms with Crippen LogP contribution < -0.4 is 0 Å². The summed E-state index contributed by atoms with van der Waals surface area (Å²) in [7, 11) is 0. The van der Waals surface area contributed by atoms with Crippen molar-refractivity contribution in [2.75, 3.05) is 0 Å². The Labute approximate surface area is 136 Å². The lowest BCUT2D eigenvalue weighted by Gasteiger charge is -2.49. The number of esters is 1. The van der Waals surface area contributed by atoms with Crippen LogP contribution in [-0.2, 0) is 14.3 Å². The minimum absolute atomic E-state index is 0.0379. The van der Waals surface area contributed by atoms with E-state index in [0.717, 1.165) is 37.7 Å². The smallest absolute Gasteiger partial charge is 0.319 e. The number of hydrogen-bond donors (Lipinski definition) is 0. The van der Waals surface area contributed by atoms with Crippen LogP contribution in [0.3, 0.4) is 0 Å². The molecule has 0 bridgehead atoms. The van der Waals surface area contributed by atoms with Gasteiger partial charge >= 0.3 is 5.97 Å². The van der Waals surface area contributed by atoms with E-state index in [1.165, 1.54) is 0 Å². The van der Waals surface area contributed by atoms with E-state index in [9.17, 15) is 9.59 Å². The van der Waals surface area contributed by atoms with E-state index in [4.69, 9.17) is 16.3 Å². The zero-order chi connectivity index (χ0) is 16.0. The third-order valence-electron chi connectivity index (χ3n) is 5.18. The largest absolute Gasteiger partial charge is 0.456 e. The Morgan fingerprint density at radius 1 is 1.05 bits per heavy atom. The molecule has 1 aromatic rings. The average Bonchev–Trinajstić information content (AvgIpc) is 2.52. The van der Waals surface area contributed by atoms with Crippen LogP contribution in [0.2, 0.25) is 5.02 Å². The zero-order valence-corrected chi connectivity index (χ0v) is 13.8. The summed E-state index contributed by atoms with van der Waals surface area (Å²) >= 11 is 5.96. The van der Waals surface area contributed by atoms with Crippen LogP contribution in [0.5, 0.6) is 0 Å². The van der Waals surface area contributed by atoms with Crippen LogP contribution in [0.25, 0.3) is 0 Å². The maximum Gasteiger partial charge on any atom is 0.319 e. The molecule has 3 rings (SSSR count). The van der Waals surface area contributed by atoms with Gasteiger partial charge in [0.15, 0.2) is 5.78 Å². The van der Waals surface area contributed by atoms with Gasteiger partial charge in [-0.05, 0) is 44.4 Å². The van der Waals surface area contributed by atoms with E-state index >= 15 is 0 Å². The van der Waals surface area contributed by atoms with E-state index in [1.54, 1.807) is 26.0 Å². The van der Waals surface area contributed by atoms with Crippen LogP contribution in [-0.4, -0.2) is 11.8 Å². The van der Waals surface area contributed by atoms with Gasteiger partial charge in [-0.3, -0.25) is 9.59 Å². The molecule has 118 valence electrons. The van der Waals surface area contributed by atoms with Gasteiger partial charge in [-0.25, -0.2) is 0 Å². The Hall–Kier alpha value is -1.35. The lowest BCUT2D eigenvalue weighted by Crippen LogP contribution is -2.55. The van der Waals surface area contributed by atoms with E-state index in [1.807, 2.05) is 12.1 Å². The molecule has 0 aromatic heterocycles. The van der Waals surface area contributed by atoms with Gasteiger partial charge in [0.1, 0.15) is 11.5 Å². The molecule has 1 aliphatic heterocycles. The van der Waals surface area contributed by atoms with Crippen molar-refractivity contribution in [3.05, 3.63) is 34.9 Å². The summed E-state index contributed by atoms with van der Waals surface area (Å²) in [5.41, 5.74) is -0.771. The number of carbonyl (C=O) groups excluding carboxylic acids is 2. The predicted molar refractivity (Wildman–Crippen MR) is 84.6 cm³/mol. The molecule has 1 saturated carbocycles. The SMILES string of the molecule is CC1(C)C(=O)O[C@@H](c2ccc(Cl)cc2)C2(CCCCC2)C1=O. The second kappa shape index (κ2) is 5.38. The first kappa shape index (κ1) is 15.5. The van der Waals surface area contributed by atoms with Gasteiger partial charge in [0.05, 0.1) is 5.41 Å². The van der Waals surface area contributed by atoms with Gasteiger partial charge in [-0.1, -0.05) is 43.0 Å². The van der Waals surface area contributed by atoms with Crippen molar-refractivity contribution in [2.24, 2.45) is 10.8 Å². The van der Waals surface area contributed by atoms with Crippen molar-refractivity contribution >= 4 is 23.4 Å². The van der Waals surface area contributed by atoms with Gasteiger partial charge in [-0.2, -0.15) is 0 Å². The van der Waals surface area contributed by atoms with Crippen molar-refractivity contribution in [3.63, 3.8) is 0 Å². The number of Topliss-reactive ketones (excluding diaryl/α,β-unsaturated/α-hetero) is 1. The van der Waals surface area contributed by atoms with Crippen LogP contribution in [0, 0.1) is 10.8 Å². The van der Waals surface area contributed by atoms with Crippen molar-refractivity contribution in [3.8, 4) is 0 Å². The standard InChI is InChI=1S/C18H21ClO3/c1-17(2)15(20)18(10-4-3-5-11-18)14(22-16(17)21)12-6-8-13(19)9-7-12/h6-9,14H,3-5,10-11H2,1-2H3/t14-/m0/s1. The highest BCUT2D eigenvalue weighted by molar-refractivity contribution is 6.30. The first-order valence-corrected chi connectivity index (χ1v) is 8.27. The molecule has 1 atom stereocenters. The van der Waals surface area contributed by atoms with Crippen molar-refractivity contribution in [1.29, 1.82) is 0 Å². The Balaban J connectivity index is 2.08. The monoisotopic (exact) mass is 320 g/mol. The van der Waals surface area contributed by atoms with Crippen molar-refractivity contribution in [2.45, 2.75) is 52.1 Å². The average molecular weight is 321 g/mol. The highest BCUT2D eigenvalue weighted by Gasteiger charge is 2.60. The summed E-state index contributed by atoms with van der Waals surface area (Å²) in [6.45, 7) is 3.37. The van der Waals surface area contributed by atoms with Gasteiger partial charge < -0.3 is 4.74 Å². The van der Waals surface area contributed by atoms with Crippen LogP contribution in [0.4, 0.5) is 0 Å². The molecule has 4 heteroatoms. The van der Waals surface area contributed by atoms with Crippen molar-refractivity contribution in [1.82, 2.24) is 0 Å². The van der Waals surface area contributed by atoms with Crippen molar-refractivity contribution < 1.29 is 14.3 Å². The molecule has 0 unspecified atom stereocenters. The van der Waals surface area contributed by atoms with Crippen LogP contribution >= 0.6 is 11.6 Å². The summed E-state index contributed by atoms with van der Waals surface area (Å²) in [6.07, 6.45) is 4.23. The molecular weight excluding hydrogens is 300 g/mol. The fraction of sp³-hybridized carbons (Fsp3) is 0.556. The molecule has 0 amide bonds. The molecule has 2 aliphatic rings. The minimum Gasteiger partial charge on any atom is -0.456 e. The Kier molecular flexibility index (Phi) is 3.80. The molecule has 0 N–H and O–H groups in total. The van der Waals surface area contributed by atoms with Crippen LogP contribution in [0.1, 0.15) is 57.6 Å². The molecular formula is C18H21ClO3. The van der Waals surface area contributed by atoms with Crippen LogP contribution in [0.15, 0.2) is 24.3 Å². The molecule has 0 radical (unpaired) electrons. The predicted octanol–water partition coefficient (Wildman–Crippen LogP) is 4.48. The maximum absolute atomic E-state index is 13.2. The second-order valence-electron chi connectivity index (χ2n) is 7.01. The third-order valence-corrected chi connectivity index (χ3v) is 5.43. The van der Waals surface area contributed by atoms with E-state index < -0.39 is 22.9 Å². The number of cyclic esters (lactones) is 1. The zero-order valence-electron chi connectivity index (χ0n) is 13.0. The topological polar surface area (TPSA) is 43.4 Å². The third kappa shape index (κ3) is 2.26. The Morgan fingerprint density at radius 3 is 2.23 bits per heavy atom. The molecule has 2 fully saturated rings. The second-order valence-corrected chi connectivity index (χ2v) is 7.44. The van der Waals surface area contributed by atoms with E-state index in [2.05, 4.69) is 0 Å². The lowest BCUT2D eigenvalue weighted by atomic mass is 9.59. The lowest BCUT2D eigenvalue weighted by molar-refractivity contribution is -0.192. The fourth-order valence-electron chi connectivity index (χ4n) is 3.90. The molecule has 3 nitrogen and oxygen atoms in total. The van der Waals surface area contributed by atoms with E-state index in [-0.39, 0.29) is 5.78 Å². The van der Waals surface area contributed by atoms with Gasteiger partial charge in [0.2, 0.25) is 0 Å². The number of halogens is 1. The summed E-state index contributed by atoms with van der Waals surface area (Å²) in [5, 5.41) is 0.634. The minimum atomic E-state index is -1.06. The fourth-order valence-corrected chi connectivity index (χ4v) is 4.02. The van der Waals surface area contributed by atoms with Gasteiger partial charge in [-0.15, -0.1) is 0 Å². The molecule has 1 aromatic carbocycles. The number of carbonyl (C=O) groups is 2. The van der Waals surface area contributed by atoms with E-state index in [0.29, 0.717) is 5.02 Å². The summed E-state index contributed by atoms with van der Waals surface area (Å²) in [4.78, 5) is 25.5. The highest BCUT2D eigenvalue weighted by Crippen LogP contribution is 2.55. The normalized spacial score (nSPS) is 26.8. The Bertz CT molecular complexity index is 597. The maximum atomic E-state index is 13.2. The number of rotatable bonds is 1. The van der Waals surface area contributed by atoms with Gasteiger partial charge in [0, 0.05) is 5.02 Å². The number of hydrogen-bond acceptors (Lipinski definition) is 3. The summed E-state index contributed by atoms with van der Waals surface area (Å²) < 4.78 is 5.79. The molecule has 1 spiro atoms.